The minimum Gasteiger partial charge on any atom is -0.439 e. The number of nitrogens with two attached hydrogens (primary N) is 1. The Morgan fingerprint density at radius 3 is 3.13 bits per heavy atom. The van der Waals surface area contributed by atoms with Crippen LogP contribution < -0.4 is 11.0 Å². The summed E-state index contributed by atoms with van der Waals surface area (Å²) in [7, 11) is -0.579. The minimum atomic E-state index is -0.579. The molecule has 0 saturated carbocycles. The fraction of sp³-hybridized carbons (Fsp3) is 0.222. The molecule has 0 amide bonds. The third-order valence-corrected chi connectivity index (χ3v) is 2.00. The first-order valence-electron chi connectivity index (χ1n) is 4.71. The van der Waals surface area contributed by atoms with E-state index in [1.807, 2.05) is 0 Å². The van der Waals surface area contributed by atoms with Crippen LogP contribution in [0.25, 0.3) is 11.1 Å². The van der Waals surface area contributed by atoms with Crippen molar-refractivity contribution in [1.82, 2.24) is 10.2 Å². The number of hydrogen-bond acceptors (Lipinski definition) is 5. The van der Waals surface area contributed by atoms with Gasteiger partial charge in [0.2, 0.25) is 5.89 Å². The number of rotatable bonds is 3. The highest BCUT2D eigenvalue weighted by Gasteiger charge is 2.08. The number of oxazole rings is 1. The van der Waals surface area contributed by atoms with Crippen LogP contribution in [0.2, 0.25) is 6.82 Å². The predicted octanol–water partition coefficient (Wildman–Crippen LogP) is 0.610. The fourth-order valence-corrected chi connectivity index (χ4v) is 1.30. The summed E-state index contributed by atoms with van der Waals surface area (Å²) >= 11 is 0. The zero-order valence-corrected chi connectivity index (χ0v) is 8.40. The van der Waals surface area contributed by atoms with E-state index >= 15 is 0 Å². The van der Waals surface area contributed by atoms with Crippen molar-refractivity contribution in [3.8, 4) is 0 Å². The van der Waals surface area contributed by atoms with Crippen molar-refractivity contribution in [3.63, 3.8) is 0 Å². The number of aromatic nitrogens is 1. The summed E-state index contributed by atoms with van der Waals surface area (Å²) in [6.45, 7) is 2.03. The second-order valence-corrected chi connectivity index (χ2v) is 3.39. The molecule has 78 valence electrons. The van der Waals surface area contributed by atoms with Gasteiger partial charge in [-0.2, -0.15) is 0 Å². The summed E-state index contributed by atoms with van der Waals surface area (Å²) in [5.74, 6) is 0.538. The SMILES string of the molecule is CB(O)NCc1nc2cc(N)ccc2o1. The molecule has 1 aromatic carbocycles. The third kappa shape index (κ3) is 2.29. The lowest BCUT2D eigenvalue weighted by Crippen LogP contribution is -2.29. The molecule has 0 atom stereocenters. The van der Waals surface area contributed by atoms with Crippen LogP contribution in [0.1, 0.15) is 5.89 Å². The van der Waals surface area contributed by atoms with Gasteiger partial charge in [0.25, 0.3) is 0 Å². The standard InChI is InChI=1S/C9H12BN3O2/c1-10(14)12-5-9-13-7-4-6(11)2-3-8(7)15-9/h2-4,12,14H,5,11H2,1H3. The largest absolute Gasteiger partial charge is 0.439 e. The van der Waals surface area contributed by atoms with Crippen LogP contribution in [0.15, 0.2) is 22.6 Å². The first-order valence-corrected chi connectivity index (χ1v) is 4.71. The molecular weight excluding hydrogens is 193 g/mol. The van der Waals surface area contributed by atoms with Crippen molar-refractivity contribution in [2.75, 3.05) is 5.73 Å². The van der Waals surface area contributed by atoms with Gasteiger partial charge in [-0.05, 0) is 25.0 Å². The van der Waals surface area contributed by atoms with E-state index in [9.17, 15) is 0 Å². The average molecular weight is 205 g/mol. The van der Waals surface area contributed by atoms with Crippen LogP contribution in [-0.4, -0.2) is 17.1 Å². The first-order chi connectivity index (χ1) is 7.15. The van der Waals surface area contributed by atoms with Crippen molar-refractivity contribution in [3.05, 3.63) is 24.1 Å². The highest BCUT2D eigenvalue weighted by molar-refractivity contribution is 6.45. The molecule has 0 aliphatic rings. The number of nitrogen functional groups attached to an aromatic ring is 1. The molecule has 0 saturated heterocycles. The van der Waals surface area contributed by atoms with E-state index < -0.39 is 7.05 Å². The van der Waals surface area contributed by atoms with Gasteiger partial charge in [0.05, 0.1) is 6.54 Å². The monoisotopic (exact) mass is 205 g/mol. The molecule has 2 rings (SSSR count). The van der Waals surface area contributed by atoms with Gasteiger partial charge in [0, 0.05) is 5.69 Å². The molecule has 0 spiro atoms. The van der Waals surface area contributed by atoms with Crippen LogP contribution in [0.4, 0.5) is 5.69 Å². The maximum absolute atomic E-state index is 9.03. The smallest absolute Gasteiger partial charge is 0.374 e. The molecular formula is C9H12BN3O2. The Morgan fingerprint density at radius 1 is 1.60 bits per heavy atom. The molecule has 1 aromatic heterocycles. The lowest BCUT2D eigenvalue weighted by atomic mass is 9.89. The Morgan fingerprint density at radius 2 is 2.40 bits per heavy atom. The summed E-state index contributed by atoms with van der Waals surface area (Å²) in [5.41, 5.74) is 7.71. The molecule has 0 unspecified atom stereocenters. The number of benzene rings is 1. The highest BCUT2D eigenvalue weighted by Crippen LogP contribution is 2.17. The van der Waals surface area contributed by atoms with Gasteiger partial charge in [-0.3, -0.25) is 0 Å². The van der Waals surface area contributed by atoms with Crippen LogP contribution in [0.3, 0.4) is 0 Å². The molecule has 0 aliphatic heterocycles. The topological polar surface area (TPSA) is 84.3 Å². The lowest BCUT2D eigenvalue weighted by molar-refractivity contribution is 0.499. The Balaban J connectivity index is 2.23. The van der Waals surface area contributed by atoms with E-state index in [-0.39, 0.29) is 0 Å². The molecule has 15 heavy (non-hydrogen) atoms. The van der Waals surface area contributed by atoms with Crippen molar-refractivity contribution < 1.29 is 9.44 Å². The van der Waals surface area contributed by atoms with Gasteiger partial charge < -0.3 is 20.4 Å². The third-order valence-electron chi connectivity index (χ3n) is 2.00. The van der Waals surface area contributed by atoms with Crippen LogP contribution in [0, 0.1) is 0 Å². The fourth-order valence-electron chi connectivity index (χ4n) is 1.30. The first kappa shape index (κ1) is 10.0. The second kappa shape index (κ2) is 3.92. The van der Waals surface area contributed by atoms with Crippen molar-refractivity contribution >= 4 is 23.8 Å². The van der Waals surface area contributed by atoms with Gasteiger partial charge >= 0.3 is 7.05 Å². The molecule has 0 aliphatic carbocycles. The van der Waals surface area contributed by atoms with E-state index in [4.69, 9.17) is 15.2 Å². The molecule has 4 N–H and O–H groups in total. The minimum absolute atomic E-state index is 0.395. The van der Waals surface area contributed by atoms with Gasteiger partial charge in [-0.1, -0.05) is 0 Å². The number of nitrogens with one attached hydrogen (secondary N) is 1. The Hall–Kier alpha value is -1.53. The molecule has 0 bridgehead atoms. The maximum atomic E-state index is 9.03. The molecule has 0 fully saturated rings. The van der Waals surface area contributed by atoms with Crippen LogP contribution in [0.5, 0.6) is 0 Å². The average Bonchev–Trinajstić information content (AvgIpc) is 2.56. The normalized spacial score (nSPS) is 10.8. The molecule has 6 heteroatoms. The van der Waals surface area contributed by atoms with Crippen LogP contribution >= 0.6 is 0 Å². The van der Waals surface area contributed by atoms with E-state index in [1.165, 1.54) is 0 Å². The predicted molar refractivity (Wildman–Crippen MR) is 59.1 cm³/mol. The zero-order chi connectivity index (χ0) is 10.8. The van der Waals surface area contributed by atoms with Crippen LogP contribution in [-0.2, 0) is 6.54 Å². The summed E-state index contributed by atoms with van der Waals surface area (Å²) in [4.78, 5) is 4.23. The van der Waals surface area contributed by atoms with Gasteiger partial charge in [-0.25, -0.2) is 4.98 Å². The summed E-state index contributed by atoms with van der Waals surface area (Å²) in [6.07, 6.45) is 0. The van der Waals surface area contributed by atoms with E-state index in [0.717, 1.165) is 5.52 Å². The van der Waals surface area contributed by atoms with E-state index in [1.54, 1.807) is 25.0 Å². The Labute approximate surface area is 87.4 Å². The number of nitrogens with zero attached hydrogens (tertiary/aromatic N) is 1. The quantitative estimate of drug-likeness (QED) is 0.505. The number of hydrogen-bond donors (Lipinski definition) is 3. The van der Waals surface area contributed by atoms with E-state index in [2.05, 4.69) is 10.2 Å². The van der Waals surface area contributed by atoms with Crippen molar-refractivity contribution in [2.45, 2.75) is 13.4 Å². The van der Waals surface area contributed by atoms with Crippen molar-refractivity contribution in [2.24, 2.45) is 0 Å². The number of anilines is 1. The highest BCUT2D eigenvalue weighted by atomic mass is 16.3. The Bertz CT molecular complexity index is 469. The lowest BCUT2D eigenvalue weighted by Gasteiger charge is -1.98. The molecule has 2 aromatic rings. The van der Waals surface area contributed by atoms with Gasteiger partial charge in [-0.15, -0.1) is 0 Å². The van der Waals surface area contributed by atoms with Gasteiger partial charge in [0.15, 0.2) is 5.58 Å². The van der Waals surface area contributed by atoms with E-state index in [0.29, 0.717) is 23.7 Å². The second-order valence-electron chi connectivity index (χ2n) is 3.39. The van der Waals surface area contributed by atoms with Gasteiger partial charge in [0.1, 0.15) is 5.52 Å². The molecule has 5 nitrogen and oxygen atoms in total. The maximum Gasteiger partial charge on any atom is 0.374 e. The van der Waals surface area contributed by atoms with Crippen molar-refractivity contribution in [1.29, 1.82) is 0 Å². The molecule has 1 heterocycles. The summed E-state index contributed by atoms with van der Waals surface area (Å²) < 4.78 is 5.43. The Kier molecular flexibility index (Phi) is 2.61. The zero-order valence-electron chi connectivity index (χ0n) is 8.40. The summed E-state index contributed by atoms with van der Waals surface area (Å²) in [5, 5.41) is 11.8. The number of fused-ring (bicyclic) bond motifs is 1. The summed E-state index contributed by atoms with van der Waals surface area (Å²) in [6, 6.07) is 5.30. The molecule has 0 radical (unpaired) electrons.